The van der Waals surface area contributed by atoms with E-state index in [9.17, 15) is 0 Å². The van der Waals surface area contributed by atoms with Gasteiger partial charge in [0.05, 0.1) is 0 Å². The van der Waals surface area contributed by atoms with Crippen LogP contribution in [0, 0.1) is 5.92 Å². The molecule has 0 aromatic heterocycles. The summed E-state index contributed by atoms with van der Waals surface area (Å²) in [5, 5.41) is 3.61. The molecule has 0 aliphatic rings. The molecule has 1 heteroatoms. The fourth-order valence-electron chi connectivity index (χ4n) is 2.14. The zero-order chi connectivity index (χ0) is 10.8. The highest BCUT2D eigenvalue weighted by Crippen LogP contribution is 2.15. The standard InChI is InChI=1S/C13H29N/c1-5-8-10-13(14-7-3)11-12(4)9-6-2/h12-14H,5-11H2,1-4H3. The van der Waals surface area contributed by atoms with Gasteiger partial charge in [0.25, 0.3) is 0 Å². The lowest BCUT2D eigenvalue weighted by molar-refractivity contribution is 0.366. The molecule has 0 bridgehead atoms. The monoisotopic (exact) mass is 199 g/mol. The Morgan fingerprint density at radius 2 is 1.71 bits per heavy atom. The maximum absolute atomic E-state index is 3.61. The van der Waals surface area contributed by atoms with Crippen molar-refractivity contribution in [1.29, 1.82) is 0 Å². The molecule has 0 saturated carbocycles. The van der Waals surface area contributed by atoms with Crippen LogP contribution in [0.4, 0.5) is 0 Å². The van der Waals surface area contributed by atoms with Crippen LogP contribution in [0.5, 0.6) is 0 Å². The number of nitrogens with one attached hydrogen (secondary N) is 1. The molecular formula is C13H29N. The number of rotatable bonds is 9. The largest absolute Gasteiger partial charge is 0.314 e. The minimum atomic E-state index is 0.765. The summed E-state index contributed by atoms with van der Waals surface area (Å²) in [6.45, 7) is 10.3. The van der Waals surface area contributed by atoms with E-state index in [4.69, 9.17) is 0 Å². The first kappa shape index (κ1) is 14.0. The van der Waals surface area contributed by atoms with Crippen molar-refractivity contribution in [3.8, 4) is 0 Å². The van der Waals surface area contributed by atoms with Gasteiger partial charge in [-0.05, 0) is 25.3 Å². The summed E-state index contributed by atoms with van der Waals surface area (Å²) in [6, 6.07) is 0.765. The first-order valence-corrected chi connectivity index (χ1v) is 6.47. The fraction of sp³-hybridized carbons (Fsp3) is 1.00. The van der Waals surface area contributed by atoms with Crippen LogP contribution in [0.1, 0.15) is 66.2 Å². The van der Waals surface area contributed by atoms with Crippen molar-refractivity contribution in [3.63, 3.8) is 0 Å². The first-order valence-electron chi connectivity index (χ1n) is 6.47. The minimum Gasteiger partial charge on any atom is -0.314 e. The molecule has 1 N–H and O–H groups in total. The normalized spacial score (nSPS) is 15.4. The van der Waals surface area contributed by atoms with E-state index in [0.717, 1.165) is 18.5 Å². The van der Waals surface area contributed by atoms with Crippen LogP contribution < -0.4 is 5.32 Å². The van der Waals surface area contributed by atoms with Crippen LogP contribution in [0.25, 0.3) is 0 Å². The number of hydrogen-bond acceptors (Lipinski definition) is 1. The molecule has 0 saturated heterocycles. The molecule has 2 atom stereocenters. The Bertz CT molecular complexity index is 112. The first-order chi connectivity index (χ1) is 6.74. The lowest BCUT2D eigenvalue weighted by atomic mass is 9.94. The van der Waals surface area contributed by atoms with E-state index in [1.54, 1.807) is 0 Å². The van der Waals surface area contributed by atoms with Crippen molar-refractivity contribution >= 4 is 0 Å². The van der Waals surface area contributed by atoms with Gasteiger partial charge >= 0.3 is 0 Å². The second-order valence-corrected chi connectivity index (χ2v) is 4.53. The summed E-state index contributed by atoms with van der Waals surface area (Å²) in [5.74, 6) is 0.890. The fourth-order valence-corrected chi connectivity index (χ4v) is 2.14. The minimum absolute atomic E-state index is 0.765. The Morgan fingerprint density at radius 1 is 1.00 bits per heavy atom. The molecule has 2 unspecified atom stereocenters. The highest BCUT2D eigenvalue weighted by atomic mass is 14.9. The van der Waals surface area contributed by atoms with E-state index in [-0.39, 0.29) is 0 Å². The Labute approximate surface area is 90.7 Å². The quantitative estimate of drug-likeness (QED) is 0.592. The molecule has 0 radical (unpaired) electrons. The van der Waals surface area contributed by atoms with Gasteiger partial charge in [-0.15, -0.1) is 0 Å². The Morgan fingerprint density at radius 3 is 2.21 bits per heavy atom. The number of unbranched alkanes of at least 4 members (excludes halogenated alkanes) is 1. The van der Waals surface area contributed by atoms with Crippen LogP contribution in [0.2, 0.25) is 0 Å². The lowest BCUT2D eigenvalue weighted by Gasteiger charge is -2.21. The van der Waals surface area contributed by atoms with Crippen molar-refractivity contribution in [3.05, 3.63) is 0 Å². The van der Waals surface area contributed by atoms with Crippen molar-refractivity contribution in [2.75, 3.05) is 6.54 Å². The van der Waals surface area contributed by atoms with Crippen LogP contribution in [0.3, 0.4) is 0 Å². The van der Waals surface area contributed by atoms with E-state index in [1.807, 2.05) is 0 Å². The molecule has 0 amide bonds. The van der Waals surface area contributed by atoms with Crippen LogP contribution in [0.15, 0.2) is 0 Å². The molecule has 0 spiro atoms. The molecule has 1 nitrogen and oxygen atoms in total. The third-order valence-corrected chi connectivity index (χ3v) is 2.87. The van der Waals surface area contributed by atoms with Crippen LogP contribution in [-0.2, 0) is 0 Å². The molecule has 0 rings (SSSR count). The van der Waals surface area contributed by atoms with Gasteiger partial charge < -0.3 is 5.32 Å². The smallest absolute Gasteiger partial charge is 0.00694 e. The zero-order valence-corrected chi connectivity index (χ0v) is 10.6. The summed E-state index contributed by atoms with van der Waals surface area (Å²) >= 11 is 0. The molecule has 0 aromatic carbocycles. The van der Waals surface area contributed by atoms with Gasteiger partial charge in [-0.1, -0.05) is 53.4 Å². The predicted molar refractivity (Wildman–Crippen MR) is 65.7 cm³/mol. The number of hydrogen-bond donors (Lipinski definition) is 1. The summed E-state index contributed by atoms with van der Waals surface area (Å²) in [4.78, 5) is 0. The summed E-state index contributed by atoms with van der Waals surface area (Å²) in [6.07, 6.45) is 8.13. The molecule has 0 fully saturated rings. The molecule has 0 aliphatic heterocycles. The molecular weight excluding hydrogens is 170 g/mol. The van der Waals surface area contributed by atoms with Gasteiger partial charge in [0.1, 0.15) is 0 Å². The molecule has 0 aromatic rings. The second kappa shape index (κ2) is 9.51. The molecule has 86 valence electrons. The van der Waals surface area contributed by atoms with Crippen LogP contribution in [-0.4, -0.2) is 12.6 Å². The van der Waals surface area contributed by atoms with Crippen molar-refractivity contribution in [2.45, 2.75) is 72.3 Å². The summed E-state index contributed by atoms with van der Waals surface area (Å²) < 4.78 is 0. The average Bonchev–Trinajstić information content (AvgIpc) is 2.15. The average molecular weight is 199 g/mol. The van der Waals surface area contributed by atoms with Crippen molar-refractivity contribution in [2.24, 2.45) is 5.92 Å². The topological polar surface area (TPSA) is 12.0 Å². The van der Waals surface area contributed by atoms with E-state index in [1.165, 1.54) is 38.5 Å². The Hall–Kier alpha value is -0.0400. The van der Waals surface area contributed by atoms with Gasteiger partial charge in [-0.2, -0.15) is 0 Å². The molecule has 0 aliphatic carbocycles. The molecule has 14 heavy (non-hydrogen) atoms. The van der Waals surface area contributed by atoms with Gasteiger partial charge in [0.2, 0.25) is 0 Å². The highest BCUT2D eigenvalue weighted by Gasteiger charge is 2.10. The van der Waals surface area contributed by atoms with E-state index in [2.05, 4.69) is 33.0 Å². The highest BCUT2D eigenvalue weighted by molar-refractivity contribution is 4.69. The third kappa shape index (κ3) is 7.37. The zero-order valence-electron chi connectivity index (χ0n) is 10.6. The van der Waals surface area contributed by atoms with Gasteiger partial charge in [-0.25, -0.2) is 0 Å². The SMILES string of the molecule is CCCCC(CC(C)CCC)NCC. The predicted octanol–water partition coefficient (Wildman–Crippen LogP) is 3.98. The van der Waals surface area contributed by atoms with Crippen molar-refractivity contribution < 1.29 is 0 Å². The summed E-state index contributed by atoms with van der Waals surface area (Å²) in [7, 11) is 0. The maximum atomic E-state index is 3.61. The maximum Gasteiger partial charge on any atom is 0.00694 e. The van der Waals surface area contributed by atoms with Gasteiger partial charge in [0, 0.05) is 6.04 Å². The third-order valence-electron chi connectivity index (χ3n) is 2.87. The van der Waals surface area contributed by atoms with Crippen molar-refractivity contribution in [1.82, 2.24) is 5.32 Å². The van der Waals surface area contributed by atoms with E-state index in [0.29, 0.717) is 0 Å². The van der Waals surface area contributed by atoms with E-state index >= 15 is 0 Å². The molecule has 0 heterocycles. The summed E-state index contributed by atoms with van der Waals surface area (Å²) in [5.41, 5.74) is 0. The van der Waals surface area contributed by atoms with Gasteiger partial charge in [-0.3, -0.25) is 0 Å². The van der Waals surface area contributed by atoms with Crippen LogP contribution >= 0.6 is 0 Å². The van der Waals surface area contributed by atoms with Gasteiger partial charge in [0.15, 0.2) is 0 Å². The van der Waals surface area contributed by atoms with E-state index < -0.39 is 0 Å². The second-order valence-electron chi connectivity index (χ2n) is 4.53. The lowest BCUT2D eigenvalue weighted by Crippen LogP contribution is -2.30. The Kier molecular flexibility index (Phi) is 9.49. The Balaban J connectivity index is 3.69.